The molecule has 16 heavy (non-hydrogen) atoms. The van der Waals surface area contributed by atoms with Crippen molar-refractivity contribution in [1.82, 2.24) is 4.98 Å². The lowest BCUT2D eigenvalue weighted by molar-refractivity contribution is -0.139. The fraction of sp³-hybridized carbons (Fsp3) is 0.556. The zero-order valence-corrected chi connectivity index (χ0v) is 10.9. The molecule has 1 aromatic heterocycles. The van der Waals surface area contributed by atoms with Gasteiger partial charge in [0.15, 0.2) is 14.6 Å². The minimum atomic E-state index is -3.75. The first-order valence-electron chi connectivity index (χ1n) is 4.53. The second-order valence-corrected chi connectivity index (χ2v) is 7.44. The Hall–Kier alpha value is -0.950. The highest BCUT2D eigenvalue weighted by Crippen LogP contribution is 2.23. The summed E-state index contributed by atoms with van der Waals surface area (Å²) < 4.78 is 21.9. The first kappa shape index (κ1) is 13.1. The maximum atomic E-state index is 11.9. The van der Waals surface area contributed by atoms with Gasteiger partial charge in [0.2, 0.25) is 0 Å². The van der Waals surface area contributed by atoms with Crippen LogP contribution >= 0.6 is 11.3 Å². The van der Waals surface area contributed by atoms with Gasteiger partial charge in [0.05, 0.1) is 0 Å². The van der Waals surface area contributed by atoms with Gasteiger partial charge in [-0.3, -0.25) is 4.79 Å². The van der Waals surface area contributed by atoms with Crippen molar-refractivity contribution in [3.05, 3.63) is 16.1 Å². The highest BCUT2D eigenvalue weighted by molar-refractivity contribution is 7.92. The minimum absolute atomic E-state index is 0.329. The van der Waals surface area contributed by atoms with Crippen molar-refractivity contribution in [2.45, 2.75) is 31.3 Å². The molecular weight excluding hydrogens is 250 g/mol. The van der Waals surface area contributed by atoms with Crippen LogP contribution in [0.15, 0.2) is 5.38 Å². The maximum Gasteiger partial charge on any atom is 0.324 e. The Morgan fingerprint density at radius 3 is 2.50 bits per heavy atom. The van der Waals surface area contributed by atoms with Crippen molar-refractivity contribution in [2.75, 3.05) is 0 Å². The van der Waals surface area contributed by atoms with Gasteiger partial charge in [-0.1, -0.05) is 0 Å². The molecule has 90 valence electrons. The topological polar surface area (TPSA) is 84.3 Å². The number of nitrogens with zero attached hydrogens (tertiary/aromatic N) is 1. The summed E-state index contributed by atoms with van der Waals surface area (Å²) in [6.45, 7) is 4.13. The second-order valence-electron chi connectivity index (χ2n) is 3.96. The molecule has 0 aliphatic heterocycles. The molecule has 0 spiro atoms. The van der Waals surface area contributed by atoms with E-state index in [0.717, 1.165) is 5.69 Å². The number of aliphatic carboxylic acids is 1. The summed E-state index contributed by atoms with van der Waals surface area (Å²) in [5.41, 5.74) is 0.739. The van der Waals surface area contributed by atoms with Crippen molar-refractivity contribution in [3.63, 3.8) is 0 Å². The summed E-state index contributed by atoms with van der Waals surface area (Å²) in [4.78, 5) is 14.9. The molecule has 0 unspecified atom stereocenters. The summed E-state index contributed by atoms with van der Waals surface area (Å²) in [6, 6.07) is 0. The van der Waals surface area contributed by atoms with Crippen molar-refractivity contribution < 1.29 is 18.3 Å². The molecule has 0 aromatic carbocycles. The lowest BCUT2D eigenvalue weighted by Gasteiger charge is -2.18. The van der Waals surface area contributed by atoms with Gasteiger partial charge in [0.25, 0.3) is 0 Å². The number of carboxylic acids is 1. The predicted octanol–water partition coefficient (Wildman–Crippen LogP) is 1.23. The minimum Gasteiger partial charge on any atom is -0.480 e. The summed E-state index contributed by atoms with van der Waals surface area (Å²) in [7, 11) is -3.75. The maximum absolute atomic E-state index is 11.9. The van der Waals surface area contributed by atoms with E-state index in [4.69, 9.17) is 5.11 Å². The molecule has 1 aromatic rings. The van der Waals surface area contributed by atoms with Crippen LogP contribution in [0, 0.1) is 6.92 Å². The van der Waals surface area contributed by atoms with Gasteiger partial charge in [-0.15, -0.1) is 11.3 Å². The van der Waals surface area contributed by atoms with Crippen molar-refractivity contribution in [2.24, 2.45) is 0 Å². The van der Waals surface area contributed by atoms with Gasteiger partial charge in [-0.2, -0.15) is 0 Å². The van der Waals surface area contributed by atoms with Gasteiger partial charge in [-0.25, -0.2) is 13.4 Å². The molecule has 0 fully saturated rings. The van der Waals surface area contributed by atoms with E-state index in [1.165, 1.54) is 25.2 Å². The summed E-state index contributed by atoms with van der Waals surface area (Å²) in [5, 5.41) is 11.0. The Balaban J connectivity index is 3.01. The molecule has 0 atom stereocenters. The van der Waals surface area contributed by atoms with E-state index in [-0.39, 0.29) is 5.75 Å². The fourth-order valence-electron chi connectivity index (χ4n) is 0.945. The number of aryl methyl sites for hydroxylation is 1. The molecule has 0 amide bonds. The number of sulfone groups is 1. The third-order valence-corrected chi connectivity index (χ3v) is 5.81. The first-order valence-corrected chi connectivity index (χ1v) is 7.07. The van der Waals surface area contributed by atoms with Gasteiger partial charge >= 0.3 is 5.97 Å². The van der Waals surface area contributed by atoms with Gasteiger partial charge in [0, 0.05) is 11.1 Å². The molecule has 1 N–H and O–H groups in total. The number of rotatable bonds is 4. The van der Waals surface area contributed by atoms with Crippen molar-refractivity contribution in [1.29, 1.82) is 0 Å². The molecule has 0 radical (unpaired) electrons. The van der Waals surface area contributed by atoms with Crippen molar-refractivity contribution in [3.8, 4) is 0 Å². The molecule has 1 rings (SSSR count). The average Bonchev–Trinajstić information content (AvgIpc) is 2.49. The monoisotopic (exact) mass is 263 g/mol. The van der Waals surface area contributed by atoms with Crippen molar-refractivity contribution >= 4 is 27.1 Å². The lowest BCUT2D eigenvalue weighted by atomic mass is 10.2. The highest BCUT2D eigenvalue weighted by Gasteiger charge is 2.42. The van der Waals surface area contributed by atoms with Crippen LogP contribution in [0.2, 0.25) is 0 Å². The molecule has 7 heteroatoms. The number of hydrogen-bond acceptors (Lipinski definition) is 5. The van der Waals surface area contributed by atoms with Gasteiger partial charge < -0.3 is 5.11 Å². The zero-order chi connectivity index (χ0) is 12.6. The van der Waals surface area contributed by atoms with Crippen LogP contribution in [0.4, 0.5) is 0 Å². The van der Waals surface area contributed by atoms with Crippen LogP contribution in [0.3, 0.4) is 0 Å². The summed E-state index contributed by atoms with van der Waals surface area (Å²) >= 11 is 1.22. The highest BCUT2D eigenvalue weighted by atomic mass is 32.2. The molecule has 0 aliphatic carbocycles. The molecule has 0 saturated heterocycles. The molecule has 0 saturated carbocycles. The largest absolute Gasteiger partial charge is 0.480 e. The Bertz CT molecular complexity index is 501. The smallest absolute Gasteiger partial charge is 0.324 e. The zero-order valence-electron chi connectivity index (χ0n) is 9.22. The first-order chi connectivity index (χ1) is 7.17. The van der Waals surface area contributed by atoms with E-state index >= 15 is 0 Å². The SMILES string of the molecule is Cc1csc(CS(=O)(=O)C(C)(C)C(=O)O)n1. The van der Waals surface area contributed by atoms with Crippen LogP contribution in [0.1, 0.15) is 24.5 Å². The number of hydrogen-bond donors (Lipinski definition) is 1. The molecule has 1 heterocycles. The standard InChI is InChI=1S/C9H13NO4S2/c1-6-4-15-7(10-6)5-16(13,14)9(2,3)8(11)12/h4H,5H2,1-3H3,(H,11,12). The normalized spacial score (nSPS) is 12.7. The van der Waals surface area contributed by atoms with Crippen LogP contribution in [0.25, 0.3) is 0 Å². The third kappa shape index (κ3) is 2.41. The second kappa shape index (κ2) is 4.14. The predicted molar refractivity (Wildman–Crippen MR) is 61.2 cm³/mol. The van der Waals surface area contributed by atoms with E-state index in [9.17, 15) is 13.2 Å². The number of carbonyl (C=O) groups is 1. The Kier molecular flexibility index (Phi) is 3.39. The number of aromatic nitrogens is 1. The van der Waals surface area contributed by atoms with Gasteiger partial charge in [-0.05, 0) is 20.8 Å². The summed E-state index contributed by atoms with van der Waals surface area (Å²) in [5.74, 6) is -1.68. The van der Waals surface area contributed by atoms with Gasteiger partial charge in [0.1, 0.15) is 10.8 Å². The van der Waals surface area contributed by atoms with E-state index in [0.29, 0.717) is 5.01 Å². The number of thiazole rings is 1. The van der Waals surface area contributed by atoms with Crippen LogP contribution in [-0.2, 0) is 20.4 Å². The molecule has 0 aliphatic rings. The van der Waals surface area contributed by atoms with E-state index < -0.39 is 20.6 Å². The third-order valence-electron chi connectivity index (χ3n) is 2.27. The van der Waals surface area contributed by atoms with Crippen LogP contribution < -0.4 is 0 Å². The van der Waals surface area contributed by atoms with Crippen LogP contribution in [-0.4, -0.2) is 29.2 Å². The van der Waals surface area contributed by atoms with E-state index in [2.05, 4.69) is 4.98 Å². The Morgan fingerprint density at radius 2 is 2.12 bits per heavy atom. The quantitative estimate of drug-likeness (QED) is 0.883. The van der Waals surface area contributed by atoms with E-state index in [1.807, 2.05) is 0 Å². The summed E-state index contributed by atoms with van der Waals surface area (Å²) in [6.07, 6.45) is 0. The molecular formula is C9H13NO4S2. The fourth-order valence-corrected chi connectivity index (χ4v) is 3.26. The Morgan fingerprint density at radius 1 is 1.56 bits per heavy atom. The lowest BCUT2D eigenvalue weighted by Crippen LogP contribution is -2.41. The van der Waals surface area contributed by atoms with Crippen LogP contribution in [0.5, 0.6) is 0 Å². The van der Waals surface area contributed by atoms with E-state index in [1.54, 1.807) is 12.3 Å². The number of carboxylic acid groups (broad SMARTS) is 1. The molecule has 5 nitrogen and oxygen atoms in total. The molecule has 0 bridgehead atoms. The average molecular weight is 263 g/mol. The Labute approximate surface area is 98.1 Å².